The van der Waals surface area contributed by atoms with Gasteiger partial charge in [-0.3, -0.25) is 4.79 Å². The van der Waals surface area contributed by atoms with Gasteiger partial charge in [0, 0.05) is 31.1 Å². The molecule has 1 aliphatic rings. The summed E-state index contributed by atoms with van der Waals surface area (Å²) in [5, 5.41) is 15.6. The van der Waals surface area contributed by atoms with E-state index in [1.54, 1.807) is 36.4 Å². The number of sulfone groups is 1. The maximum Gasteiger partial charge on any atom is 0.251 e. The molecular formula is C19H22N2O4S. The standard InChI is InChI=1S/C19H22N2O4S/c22-18-12-20-10-16(18)11-21-19(23)15-7-4-8-17(9-15)26(24,25)13-14-5-2-1-3-6-14/h1-9,16,18,20,22H,10-13H2,(H,21,23). The average Bonchev–Trinajstić information content (AvgIpc) is 3.05. The van der Waals surface area contributed by atoms with Crippen molar-refractivity contribution < 1.29 is 18.3 Å². The minimum Gasteiger partial charge on any atom is -0.391 e. The van der Waals surface area contributed by atoms with Crippen LogP contribution in [0.4, 0.5) is 0 Å². The lowest BCUT2D eigenvalue weighted by Crippen LogP contribution is -2.34. The third-order valence-corrected chi connectivity index (χ3v) is 6.17. The zero-order valence-electron chi connectivity index (χ0n) is 14.3. The van der Waals surface area contributed by atoms with E-state index in [2.05, 4.69) is 10.6 Å². The van der Waals surface area contributed by atoms with E-state index in [9.17, 15) is 18.3 Å². The van der Waals surface area contributed by atoms with Gasteiger partial charge in [-0.1, -0.05) is 36.4 Å². The summed E-state index contributed by atoms with van der Waals surface area (Å²) >= 11 is 0. The number of benzene rings is 2. The van der Waals surface area contributed by atoms with Crippen LogP contribution in [0.2, 0.25) is 0 Å². The number of amides is 1. The monoisotopic (exact) mass is 374 g/mol. The molecule has 0 aromatic heterocycles. The van der Waals surface area contributed by atoms with Crippen molar-refractivity contribution in [2.45, 2.75) is 16.8 Å². The third kappa shape index (κ3) is 4.49. The lowest BCUT2D eigenvalue weighted by atomic mass is 10.1. The Morgan fingerprint density at radius 2 is 1.88 bits per heavy atom. The molecule has 1 fully saturated rings. The number of β-amino-alcohol motifs (C(OH)–C–C–N with tert-alkyl or cyclic N) is 1. The van der Waals surface area contributed by atoms with E-state index >= 15 is 0 Å². The summed E-state index contributed by atoms with van der Waals surface area (Å²) in [5.74, 6) is -0.497. The Bertz CT molecular complexity index is 868. The van der Waals surface area contributed by atoms with Gasteiger partial charge in [-0.25, -0.2) is 8.42 Å². The summed E-state index contributed by atoms with van der Waals surface area (Å²) in [4.78, 5) is 12.5. The minimum absolute atomic E-state index is 0.0380. The molecule has 26 heavy (non-hydrogen) atoms. The second-order valence-corrected chi connectivity index (χ2v) is 8.46. The Morgan fingerprint density at radius 1 is 1.12 bits per heavy atom. The summed E-state index contributed by atoms with van der Waals surface area (Å²) in [7, 11) is -3.54. The largest absolute Gasteiger partial charge is 0.391 e. The molecule has 138 valence electrons. The summed E-state index contributed by atoms with van der Waals surface area (Å²) < 4.78 is 25.2. The van der Waals surface area contributed by atoms with Crippen LogP contribution >= 0.6 is 0 Å². The van der Waals surface area contributed by atoms with E-state index in [1.165, 1.54) is 12.1 Å². The van der Waals surface area contributed by atoms with Crippen LogP contribution in [0.1, 0.15) is 15.9 Å². The number of hydrogen-bond donors (Lipinski definition) is 3. The lowest BCUT2D eigenvalue weighted by molar-refractivity contribution is 0.0927. The van der Waals surface area contributed by atoms with Crippen LogP contribution in [0.3, 0.4) is 0 Å². The third-order valence-electron chi connectivity index (χ3n) is 4.48. The molecule has 7 heteroatoms. The van der Waals surface area contributed by atoms with Gasteiger partial charge in [0.25, 0.3) is 5.91 Å². The van der Waals surface area contributed by atoms with Crippen molar-refractivity contribution >= 4 is 15.7 Å². The molecule has 0 bridgehead atoms. The first-order chi connectivity index (χ1) is 12.5. The van der Waals surface area contributed by atoms with E-state index < -0.39 is 15.9 Å². The van der Waals surface area contributed by atoms with Gasteiger partial charge >= 0.3 is 0 Å². The van der Waals surface area contributed by atoms with E-state index in [1.807, 2.05) is 6.07 Å². The van der Waals surface area contributed by atoms with Crippen molar-refractivity contribution in [2.24, 2.45) is 5.92 Å². The fourth-order valence-electron chi connectivity index (χ4n) is 2.96. The van der Waals surface area contributed by atoms with Crippen LogP contribution < -0.4 is 10.6 Å². The first-order valence-electron chi connectivity index (χ1n) is 8.49. The topological polar surface area (TPSA) is 95.5 Å². The lowest BCUT2D eigenvalue weighted by Gasteiger charge is -2.14. The van der Waals surface area contributed by atoms with Crippen LogP contribution in [-0.4, -0.2) is 45.2 Å². The van der Waals surface area contributed by atoms with Crippen molar-refractivity contribution in [3.8, 4) is 0 Å². The Balaban J connectivity index is 1.70. The molecular weight excluding hydrogens is 352 g/mol. The van der Waals surface area contributed by atoms with Crippen LogP contribution in [0.25, 0.3) is 0 Å². The highest BCUT2D eigenvalue weighted by molar-refractivity contribution is 7.90. The summed E-state index contributed by atoms with van der Waals surface area (Å²) in [6, 6.07) is 15.0. The number of rotatable bonds is 6. The fraction of sp³-hybridized carbons (Fsp3) is 0.316. The molecule has 2 aromatic carbocycles. The molecule has 0 radical (unpaired) electrons. The van der Waals surface area contributed by atoms with Crippen molar-refractivity contribution in [1.82, 2.24) is 10.6 Å². The number of carbonyl (C=O) groups excluding carboxylic acids is 1. The van der Waals surface area contributed by atoms with Crippen molar-refractivity contribution in [3.05, 3.63) is 65.7 Å². The number of aliphatic hydroxyl groups excluding tert-OH is 1. The number of aliphatic hydroxyl groups is 1. The first kappa shape index (κ1) is 18.6. The van der Waals surface area contributed by atoms with Gasteiger partial charge in [0.15, 0.2) is 9.84 Å². The molecule has 6 nitrogen and oxygen atoms in total. The van der Waals surface area contributed by atoms with E-state index in [0.717, 1.165) is 0 Å². The van der Waals surface area contributed by atoms with Gasteiger partial charge in [-0.15, -0.1) is 0 Å². The van der Waals surface area contributed by atoms with E-state index in [4.69, 9.17) is 0 Å². The van der Waals surface area contributed by atoms with Gasteiger partial charge in [0.1, 0.15) is 0 Å². The Labute approximate surface area is 153 Å². The molecule has 1 amide bonds. The van der Waals surface area contributed by atoms with Gasteiger partial charge in [0.05, 0.1) is 16.8 Å². The fourth-order valence-corrected chi connectivity index (χ4v) is 4.35. The molecule has 2 aromatic rings. The summed E-state index contributed by atoms with van der Waals surface area (Å²) in [6.45, 7) is 1.51. The molecule has 0 aliphatic carbocycles. The maximum atomic E-state index is 12.6. The Kier molecular flexibility index (Phi) is 5.70. The molecule has 1 heterocycles. The normalized spacial score (nSPS) is 20.0. The zero-order chi connectivity index (χ0) is 18.6. The van der Waals surface area contributed by atoms with Crippen molar-refractivity contribution in [1.29, 1.82) is 0 Å². The highest BCUT2D eigenvalue weighted by atomic mass is 32.2. The highest BCUT2D eigenvalue weighted by Gasteiger charge is 2.25. The molecule has 0 saturated carbocycles. The molecule has 2 unspecified atom stereocenters. The summed E-state index contributed by atoms with van der Waals surface area (Å²) in [6.07, 6.45) is -0.479. The van der Waals surface area contributed by atoms with Gasteiger partial charge < -0.3 is 15.7 Å². The molecule has 0 spiro atoms. The molecule has 3 N–H and O–H groups in total. The number of hydrogen-bond acceptors (Lipinski definition) is 5. The quantitative estimate of drug-likeness (QED) is 0.700. The molecule has 2 atom stereocenters. The Hall–Kier alpha value is -2.22. The van der Waals surface area contributed by atoms with Crippen molar-refractivity contribution in [2.75, 3.05) is 19.6 Å². The van der Waals surface area contributed by atoms with E-state index in [-0.39, 0.29) is 22.5 Å². The highest BCUT2D eigenvalue weighted by Crippen LogP contribution is 2.18. The minimum atomic E-state index is -3.54. The van der Waals surface area contributed by atoms with Crippen LogP contribution in [0, 0.1) is 5.92 Å². The predicted molar refractivity (Wildman–Crippen MR) is 98.5 cm³/mol. The predicted octanol–water partition coefficient (Wildman–Crippen LogP) is 0.971. The maximum absolute atomic E-state index is 12.6. The number of nitrogens with one attached hydrogen (secondary N) is 2. The number of carbonyl (C=O) groups is 1. The van der Waals surface area contributed by atoms with Crippen LogP contribution in [-0.2, 0) is 15.6 Å². The molecule has 3 rings (SSSR count). The van der Waals surface area contributed by atoms with Crippen molar-refractivity contribution in [3.63, 3.8) is 0 Å². The second-order valence-electron chi connectivity index (χ2n) is 6.47. The SMILES string of the molecule is O=C(NCC1CNCC1O)c1cccc(S(=O)(=O)Cc2ccccc2)c1. The average molecular weight is 374 g/mol. The van der Waals surface area contributed by atoms with E-state index in [0.29, 0.717) is 30.8 Å². The molecule has 1 saturated heterocycles. The zero-order valence-corrected chi connectivity index (χ0v) is 15.1. The van der Waals surface area contributed by atoms with Crippen LogP contribution in [0.5, 0.6) is 0 Å². The van der Waals surface area contributed by atoms with Gasteiger partial charge in [-0.05, 0) is 23.8 Å². The second kappa shape index (κ2) is 7.99. The van der Waals surface area contributed by atoms with Crippen LogP contribution in [0.15, 0.2) is 59.5 Å². The smallest absolute Gasteiger partial charge is 0.251 e. The first-order valence-corrected chi connectivity index (χ1v) is 10.1. The molecule has 1 aliphatic heterocycles. The van der Waals surface area contributed by atoms with Gasteiger partial charge in [0.2, 0.25) is 0 Å². The Morgan fingerprint density at radius 3 is 2.58 bits per heavy atom. The summed E-state index contributed by atoms with van der Waals surface area (Å²) in [5.41, 5.74) is 0.990. The van der Waals surface area contributed by atoms with Gasteiger partial charge in [-0.2, -0.15) is 0 Å².